The van der Waals surface area contributed by atoms with Crippen molar-refractivity contribution in [3.63, 3.8) is 0 Å². The molecule has 0 radical (unpaired) electrons. The SMILES string of the molecule is CCS(Cl)(Cl)C[SiH](Cl)Cl. The first-order chi connectivity index (χ1) is 3.98. The summed E-state index contributed by atoms with van der Waals surface area (Å²) in [4.78, 5) is 0. The third-order valence-corrected chi connectivity index (χ3v) is 10.4. The summed E-state index contributed by atoms with van der Waals surface area (Å²) in [6.07, 6.45) is 0. The monoisotopic (exact) mass is 244 g/mol. The van der Waals surface area contributed by atoms with Gasteiger partial charge in [0.1, 0.15) is 0 Å². The van der Waals surface area contributed by atoms with Crippen LogP contribution in [0, 0.1) is 0 Å². The second-order valence-corrected chi connectivity index (χ2v) is 13.5. The van der Waals surface area contributed by atoms with E-state index in [0.29, 0.717) is 5.38 Å². The van der Waals surface area contributed by atoms with Crippen molar-refractivity contribution in [1.29, 1.82) is 0 Å². The first-order valence-corrected chi connectivity index (χ1v) is 10.4. The molecule has 0 aliphatic heterocycles. The van der Waals surface area contributed by atoms with Crippen LogP contribution in [0.1, 0.15) is 6.92 Å². The lowest BCUT2D eigenvalue weighted by Crippen LogP contribution is -2.05. The van der Waals surface area contributed by atoms with E-state index in [1.54, 1.807) is 0 Å². The number of hydrogen-bond acceptors (Lipinski definition) is 0. The molecule has 0 amide bonds. The van der Waals surface area contributed by atoms with E-state index in [1.165, 1.54) is 0 Å². The van der Waals surface area contributed by atoms with Crippen LogP contribution in [0.15, 0.2) is 0 Å². The first kappa shape index (κ1) is 10.7. The highest BCUT2D eigenvalue weighted by Crippen LogP contribution is 2.58. The van der Waals surface area contributed by atoms with Crippen LogP contribution in [0.2, 0.25) is 0 Å². The van der Waals surface area contributed by atoms with E-state index in [1.807, 2.05) is 6.92 Å². The minimum absolute atomic E-state index is 0.635. The summed E-state index contributed by atoms with van der Waals surface area (Å²) in [6, 6.07) is 0. The average Bonchev–Trinajstić information content (AvgIpc) is 1.63. The zero-order valence-corrected chi connectivity index (χ0v) is 9.91. The number of halogens is 4. The standard InChI is InChI=1S/C3H8Cl4SSi/c1-2-8(4,5)3-9(6)7/h9H,2-3H2,1H3. The fourth-order valence-corrected chi connectivity index (χ4v) is 11.2. The third-order valence-electron chi connectivity index (χ3n) is 0.792. The van der Waals surface area contributed by atoms with Crippen molar-refractivity contribution in [3.8, 4) is 0 Å². The normalized spacial score (nSPS) is 14.4. The Hall–Kier alpha value is 1.73. The largest absolute Gasteiger partial charge is 0.247 e. The summed E-state index contributed by atoms with van der Waals surface area (Å²) >= 11 is 11.2. The van der Waals surface area contributed by atoms with Crippen LogP contribution in [-0.4, -0.2) is 18.5 Å². The molecule has 0 heterocycles. The van der Waals surface area contributed by atoms with Crippen molar-refractivity contribution in [2.45, 2.75) is 6.92 Å². The molecule has 9 heavy (non-hydrogen) atoms. The smallest absolute Gasteiger partial charge is 0.149 e. The summed E-state index contributed by atoms with van der Waals surface area (Å²) in [7, 11) is 8.59. The van der Waals surface area contributed by atoms with Crippen LogP contribution in [0.5, 0.6) is 0 Å². The average molecular weight is 246 g/mol. The Bertz CT molecular complexity index is 85.9. The Morgan fingerprint density at radius 3 is 1.89 bits per heavy atom. The summed E-state index contributed by atoms with van der Waals surface area (Å²) < 4.78 is 0. The Morgan fingerprint density at radius 1 is 1.33 bits per heavy atom. The van der Waals surface area contributed by atoms with Crippen LogP contribution in [0.3, 0.4) is 0 Å². The summed E-state index contributed by atoms with van der Waals surface area (Å²) in [5.74, 6) is 0.777. The first-order valence-electron chi connectivity index (χ1n) is 2.44. The molecule has 6 heteroatoms. The molecule has 0 spiro atoms. The zero-order chi connectivity index (χ0) is 7.49. The minimum Gasteiger partial charge on any atom is -0.149 e. The van der Waals surface area contributed by atoms with Crippen LogP contribution in [0.25, 0.3) is 0 Å². The number of hydrogen-bond donors (Lipinski definition) is 0. The molecule has 0 fully saturated rings. The van der Waals surface area contributed by atoms with Gasteiger partial charge in [0, 0.05) is 5.38 Å². The van der Waals surface area contributed by atoms with Gasteiger partial charge in [0.25, 0.3) is 0 Å². The van der Waals surface area contributed by atoms with Crippen molar-refractivity contribution in [1.82, 2.24) is 0 Å². The van der Waals surface area contributed by atoms with Gasteiger partial charge in [0.05, 0.1) is 0 Å². The van der Waals surface area contributed by atoms with Gasteiger partial charge < -0.3 is 0 Å². The van der Waals surface area contributed by atoms with E-state index < -0.39 is 15.9 Å². The van der Waals surface area contributed by atoms with Crippen molar-refractivity contribution < 1.29 is 0 Å². The molecule has 0 saturated carbocycles. The maximum absolute atomic E-state index is 5.83. The van der Waals surface area contributed by atoms with Crippen molar-refractivity contribution in [3.05, 3.63) is 0 Å². The highest BCUT2D eigenvalue weighted by molar-refractivity contribution is 8.66. The lowest BCUT2D eigenvalue weighted by atomic mass is 11.0. The van der Waals surface area contributed by atoms with E-state index in [2.05, 4.69) is 0 Å². The van der Waals surface area contributed by atoms with Gasteiger partial charge in [0.2, 0.25) is 7.42 Å². The molecule has 0 N–H and O–H groups in total. The number of rotatable bonds is 3. The zero-order valence-electron chi connectivity index (χ0n) is 4.91. The van der Waals surface area contributed by atoms with Gasteiger partial charge >= 0.3 is 0 Å². The van der Waals surface area contributed by atoms with Crippen LogP contribution >= 0.6 is 52.0 Å². The molecule has 0 atom stereocenters. The quantitative estimate of drug-likeness (QED) is 0.529. The predicted molar refractivity (Wildman–Crippen MR) is 53.6 cm³/mol. The Kier molecular flexibility index (Phi) is 5.45. The highest BCUT2D eigenvalue weighted by Gasteiger charge is 2.19. The fraction of sp³-hybridized carbons (Fsp3) is 1.00. The van der Waals surface area contributed by atoms with Gasteiger partial charge in [0.15, 0.2) is 0 Å². The van der Waals surface area contributed by atoms with Crippen LogP contribution in [0.4, 0.5) is 0 Å². The van der Waals surface area contributed by atoms with Gasteiger partial charge in [-0.15, -0.1) is 22.2 Å². The third kappa shape index (κ3) is 6.14. The molecule has 0 aliphatic rings. The van der Waals surface area contributed by atoms with E-state index in [9.17, 15) is 0 Å². The van der Waals surface area contributed by atoms with Gasteiger partial charge in [-0.25, -0.2) is 0 Å². The molecule has 0 aliphatic carbocycles. The molecular weight excluding hydrogens is 238 g/mol. The van der Waals surface area contributed by atoms with Crippen molar-refractivity contribution in [2.75, 3.05) is 11.1 Å². The van der Waals surface area contributed by atoms with Crippen molar-refractivity contribution >= 4 is 59.4 Å². The minimum atomic E-state index is -1.60. The molecule has 58 valence electrons. The van der Waals surface area contributed by atoms with Crippen molar-refractivity contribution in [2.24, 2.45) is 0 Å². The lowest BCUT2D eigenvalue weighted by molar-refractivity contribution is 1.52. The molecule has 0 bridgehead atoms. The lowest BCUT2D eigenvalue weighted by Gasteiger charge is -2.21. The molecular formula is C3H8Cl4SSi. The summed E-state index contributed by atoms with van der Waals surface area (Å²) in [5, 5.41) is 0.635. The van der Waals surface area contributed by atoms with E-state index in [-0.39, 0.29) is 0 Å². The second-order valence-electron chi connectivity index (χ2n) is 1.55. The van der Waals surface area contributed by atoms with E-state index >= 15 is 0 Å². The Morgan fingerprint density at radius 2 is 1.78 bits per heavy atom. The molecule has 0 rings (SSSR count). The topological polar surface area (TPSA) is 0 Å². The van der Waals surface area contributed by atoms with Gasteiger partial charge in [-0.2, -0.15) is 0 Å². The Balaban J connectivity index is 3.58. The highest BCUT2D eigenvalue weighted by atomic mass is 36.0. The second kappa shape index (κ2) is 4.57. The summed E-state index contributed by atoms with van der Waals surface area (Å²) in [5.41, 5.74) is 0. The van der Waals surface area contributed by atoms with Gasteiger partial charge in [-0.05, 0) is 5.75 Å². The summed E-state index contributed by atoms with van der Waals surface area (Å²) in [6.45, 7) is 1.94. The van der Waals surface area contributed by atoms with E-state index in [4.69, 9.17) is 43.5 Å². The molecule has 0 saturated heterocycles. The van der Waals surface area contributed by atoms with Gasteiger partial charge in [-0.1, -0.05) is 36.7 Å². The molecule has 0 aromatic carbocycles. The maximum atomic E-state index is 5.83. The van der Waals surface area contributed by atoms with Crippen LogP contribution < -0.4 is 0 Å². The maximum Gasteiger partial charge on any atom is 0.247 e. The Labute approximate surface area is 77.1 Å². The molecule has 0 nitrogen and oxygen atoms in total. The molecule has 0 unspecified atom stereocenters. The molecule has 0 aromatic rings. The molecule has 0 aromatic heterocycles. The fourth-order valence-electron chi connectivity index (χ4n) is 0.302. The predicted octanol–water partition coefficient (Wildman–Crippen LogP) is 3.36. The van der Waals surface area contributed by atoms with Crippen LogP contribution in [-0.2, 0) is 0 Å². The van der Waals surface area contributed by atoms with E-state index in [0.717, 1.165) is 5.75 Å². The van der Waals surface area contributed by atoms with Gasteiger partial charge in [-0.3, -0.25) is 0 Å².